The van der Waals surface area contributed by atoms with Crippen LogP contribution in [-0.2, 0) is 0 Å². The maximum Gasteiger partial charge on any atom is 0.119 e. The minimum atomic E-state index is -0.617. The SMILES string of the molecule is CCOc1ccc(N(C)CCC2(O)CCN(C(c3ccccc3)c3ccccc3)CC2)cc1. The molecule has 1 heterocycles. The molecule has 0 aliphatic carbocycles. The van der Waals surface area contributed by atoms with E-state index >= 15 is 0 Å². The summed E-state index contributed by atoms with van der Waals surface area (Å²) in [5, 5.41) is 11.3. The summed E-state index contributed by atoms with van der Waals surface area (Å²) in [5.74, 6) is 0.895. The molecule has 4 heteroatoms. The lowest BCUT2D eigenvalue weighted by molar-refractivity contribution is -0.0321. The van der Waals surface area contributed by atoms with Gasteiger partial charge >= 0.3 is 0 Å². The van der Waals surface area contributed by atoms with Gasteiger partial charge in [0.15, 0.2) is 0 Å². The number of piperidine rings is 1. The molecule has 0 aromatic heterocycles. The standard InChI is InChI=1S/C29H36N2O2/c1-3-33-27-16-14-26(15-17-27)30(2)21-18-29(32)19-22-31(23-20-29)28(24-10-6-4-7-11-24)25-12-8-5-9-13-25/h4-17,28,32H,3,18-23H2,1-2H3. The van der Waals surface area contributed by atoms with Crippen LogP contribution in [0.3, 0.4) is 0 Å². The maximum absolute atomic E-state index is 11.3. The molecule has 0 atom stereocenters. The van der Waals surface area contributed by atoms with E-state index < -0.39 is 5.60 Å². The van der Waals surface area contributed by atoms with E-state index in [1.54, 1.807) is 0 Å². The van der Waals surface area contributed by atoms with Crippen molar-refractivity contribution in [3.8, 4) is 5.75 Å². The van der Waals surface area contributed by atoms with Crippen LogP contribution in [0.5, 0.6) is 5.75 Å². The summed E-state index contributed by atoms with van der Waals surface area (Å²) in [5.41, 5.74) is 3.15. The van der Waals surface area contributed by atoms with Gasteiger partial charge in [0.1, 0.15) is 5.75 Å². The number of benzene rings is 3. The average molecular weight is 445 g/mol. The minimum Gasteiger partial charge on any atom is -0.494 e. The van der Waals surface area contributed by atoms with Crippen molar-refractivity contribution in [2.45, 2.75) is 37.8 Å². The van der Waals surface area contributed by atoms with Gasteiger partial charge in [-0.3, -0.25) is 4.90 Å². The van der Waals surface area contributed by atoms with Gasteiger partial charge in [0.25, 0.3) is 0 Å². The van der Waals surface area contributed by atoms with Gasteiger partial charge in [-0.15, -0.1) is 0 Å². The Kier molecular flexibility index (Phi) is 7.69. The van der Waals surface area contributed by atoms with Crippen LogP contribution in [-0.4, -0.2) is 48.9 Å². The Morgan fingerprint density at radius 2 is 1.42 bits per heavy atom. The van der Waals surface area contributed by atoms with Gasteiger partial charge in [-0.1, -0.05) is 60.7 Å². The van der Waals surface area contributed by atoms with Crippen molar-refractivity contribution in [3.05, 3.63) is 96.1 Å². The van der Waals surface area contributed by atoms with Crippen molar-refractivity contribution in [2.75, 3.05) is 38.2 Å². The number of hydrogen-bond donors (Lipinski definition) is 1. The van der Waals surface area contributed by atoms with Gasteiger partial charge in [-0.05, 0) is 61.6 Å². The molecule has 3 aromatic rings. The molecule has 0 amide bonds. The minimum absolute atomic E-state index is 0.225. The second-order valence-electron chi connectivity index (χ2n) is 9.08. The van der Waals surface area contributed by atoms with Crippen molar-refractivity contribution < 1.29 is 9.84 Å². The highest BCUT2D eigenvalue weighted by molar-refractivity contribution is 5.48. The number of aliphatic hydroxyl groups is 1. The molecule has 3 aromatic carbocycles. The van der Waals surface area contributed by atoms with E-state index in [9.17, 15) is 5.11 Å². The molecule has 0 unspecified atom stereocenters. The van der Waals surface area contributed by atoms with E-state index in [-0.39, 0.29) is 6.04 Å². The zero-order chi connectivity index (χ0) is 23.1. The van der Waals surface area contributed by atoms with Gasteiger partial charge in [-0.2, -0.15) is 0 Å². The predicted molar refractivity (Wildman–Crippen MR) is 136 cm³/mol. The molecule has 0 spiro atoms. The molecule has 4 nitrogen and oxygen atoms in total. The fourth-order valence-corrected chi connectivity index (χ4v) is 4.80. The number of anilines is 1. The summed E-state index contributed by atoms with van der Waals surface area (Å²) in [7, 11) is 2.09. The summed E-state index contributed by atoms with van der Waals surface area (Å²) in [6, 6.07) is 29.9. The first-order valence-corrected chi connectivity index (χ1v) is 12.1. The number of nitrogens with zero attached hydrogens (tertiary/aromatic N) is 2. The van der Waals surface area contributed by atoms with Crippen LogP contribution in [0, 0.1) is 0 Å². The van der Waals surface area contributed by atoms with Crippen LogP contribution < -0.4 is 9.64 Å². The van der Waals surface area contributed by atoms with Crippen LogP contribution >= 0.6 is 0 Å². The van der Waals surface area contributed by atoms with Crippen LogP contribution in [0.15, 0.2) is 84.9 Å². The fraction of sp³-hybridized carbons (Fsp3) is 0.379. The van der Waals surface area contributed by atoms with Gasteiger partial charge in [0.05, 0.1) is 18.2 Å². The zero-order valence-electron chi connectivity index (χ0n) is 19.9. The monoisotopic (exact) mass is 444 g/mol. The summed E-state index contributed by atoms with van der Waals surface area (Å²) in [6.45, 7) is 5.27. The van der Waals surface area contributed by atoms with Crippen molar-refractivity contribution >= 4 is 5.69 Å². The quantitative estimate of drug-likeness (QED) is 0.471. The Morgan fingerprint density at radius 3 is 1.94 bits per heavy atom. The highest BCUT2D eigenvalue weighted by Gasteiger charge is 2.35. The summed E-state index contributed by atoms with van der Waals surface area (Å²) in [4.78, 5) is 4.74. The predicted octanol–water partition coefficient (Wildman–Crippen LogP) is 5.53. The van der Waals surface area contributed by atoms with E-state index in [4.69, 9.17) is 4.74 Å². The lowest BCUT2D eigenvalue weighted by Gasteiger charge is -2.42. The Hall–Kier alpha value is -2.82. The molecule has 1 aliphatic heterocycles. The van der Waals surface area contributed by atoms with Gasteiger partial charge in [-0.25, -0.2) is 0 Å². The average Bonchev–Trinajstić information content (AvgIpc) is 2.86. The van der Waals surface area contributed by atoms with E-state index in [0.29, 0.717) is 6.61 Å². The van der Waals surface area contributed by atoms with Crippen molar-refractivity contribution in [2.24, 2.45) is 0 Å². The van der Waals surface area contributed by atoms with Gasteiger partial charge in [0.2, 0.25) is 0 Å². The highest BCUT2D eigenvalue weighted by atomic mass is 16.5. The summed E-state index contributed by atoms with van der Waals surface area (Å²) >= 11 is 0. The molecule has 0 radical (unpaired) electrons. The van der Waals surface area contributed by atoms with Crippen LogP contribution in [0.2, 0.25) is 0 Å². The number of ether oxygens (including phenoxy) is 1. The third-order valence-electron chi connectivity index (χ3n) is 6.83. The first-order chi connectivity index (χ1) is 16.1. The van der Waals surface area contributed by atoms with Crippen molar-refractivity contribution in [3.63, 3.8) is 0 Å². The van der Waals surface area contributed by atoms with E-state index in [2.05, 4.69) is 89.6 Å². The fourth-order valence-electron chi connectivity index (χ4n) is 4.80. The van der Waals surface area contributed by atoms with Crippen molar-refractivity contribution in [1.82, 2.24) is 4.90 Å². The summed E-state index contributed by atoms with van der Waals surface area (Å²) < 4.78 is 5.54. The molecular formula is C29H36N2O2. The number of hydrogen-bond acceptors (Lipinski definition) is 4. The smallest absolute Gasteiger partial charge is 0.119 e. The molecule has 1 N–H and O–H groups in total. The third kappa shape index (κ3) is 5.95. The number of rotatable bonds is 9. The lowest BCUT2D eigenvalue weighted by Crippen LogP contribution is -2.47. The third-order valence-corrected chi connectivity index (χ3v) is 6.83. The van der Waals surface area contributed by atoms with Crippen LogP contribution in [0.25, 0.3) is 0 Å². The van der Waals surface area contributed by atoms with Gasteiger partial charge in [0, 0.05) is 32.4 Å². The molecular weight excluding hydrogens is 408 g/mol. The largest absolute Gasteiger partial charge is 0.494 e. The highest BCUT2D eigenvalue weighted by Crippen LogP contribution is 2.35. The van der Waals surface area contributed by atoms with Crippen molar-refractivity contribution in [1.29, 1.82) is 0 Å². The Morgan fingerprint density at radius 1 is 0.879 bits per heavy atom. The topological polar surface area (TPSA) is 35.9 Å². The molecule has 174 valence electrons. The Labute approximate surface area is 198 Å². The molecule has 33 heavy (non-hydrogen) atoms. The molecule has 1 saturated heterocycles. The van der Waals surface area contributed by atoms with E-state index in [1.807, 2.05) is 19.1 Å². The van der Waals surface area contributed by atoms with Gasteiger partial charge < -0.3 is 14.7 Å². The molecule has 1 aliphatic rings. The normalized spacial score (nSPS) is 16.0. The Balaban J connectivity index is 1.37. The first-order valence-electron chi connectivity index (χ1n) is 12.1. The lowest BCUT2D eigenvalue weighted by atomic mass is 9.86. The van der Waals surface area contributed by atoms with Crippen LogP contribution in [0.1, 0.15) is 43.4 Å². The number of likely N-dealkylation sites (tertiary alicyclic amines) is 1. The second kappa shape index (κ2) is 10.9. The second-order valence-corrected chi connectivity index (χ2v) is 9.08. The first kappa shape index (κ1) is 23.3. The van der Waals surface area contributed by atoms with Crippen LogP contribution in [0.4, 0.5) is 5.69 Å². The molecule has 0 bridgehead atoms. The zero-order valence-corrected chi connectivity index (χ0v) is 19.9. The molecule has 1 fully saturated rings. The van der Waals surface area contributed by atoms with E-state index in [1.165, 1.54) is 11.1 Å². The molecule has 0 saturated carbocycles. The maximum atomic E-state index is 11.3. The molecule has 4 rings (SSSR count). The van der Waals surface area contributed by atoms with E-state index in [0.717, 1.165) is 50.3 Å². The summed E-state index contributed by atoms with van der Waals surface area (Å²) in [6.07, 6.45) is 2.35. The Bertz CT molecular complexity index is 928.